The van der Waals surface area contributed by atoms with Crippen molar-refractivity contribution in [1.82, 2.24) is 9.55 Å². The number of anilines is 1. The van der Waals surface area contributed by atoms with E-state index in [4.69, 9.17) is 4.74 Å². The maximum atomic E-state index is 5.15. The molecule has 21 heavy (non-hydrogen) atoms. The predicted molar refractivity (Wildman–Crippen MR) is 85.4 cm³/mol. The number of imidazole rings is 1. The van der Waals surface area contributed by atoms with Crippen LogP contribution in [0.1, 0.15) is 46.5 Å². The van der Waals surface area contributed by atoms with Crippen LogP contribution in [-0.4, -0.2) is 29.3 Å². The van der Waals surface area contributed by atoms with Gasteiger partial charge in [-0.2, -0.15) is 0 Å². The normalized spacial score (nSPS) is 33.5. The highest BCUT2D eigenvalue weighted by molar-refractivity contribution is 5.33. The fourth-order valence-electron chi connectivity index (χ4n) is 4.80. The Bertz CT molecular complexity index is 491. The number of ether oxygens (including phenoxy) is 1. The van der Waals surface area contributed by atoms with Crippen LogP contribution in [0.4, 0.5) is 5.95 Å². The van der Waals surface area contributed by atoms with E-state index in [-0.39, 0.29) is 0 Å². The predicted octanol–water partition coefficient (Wildman–Crippen LogP) is 3.55. The zero-order valence-corrected chi connectivity index (χ0v) is 13.9. The van der Waals surface area contributed by atoms with Gasteiger partial charge in [0, 0.05) is 38.7 Å². The van der Waals surface area contributed by atoms with Crippen molar-refractivity contribution in [2.75, 3.05) is 19.0 Å². The van der Waals surface area contributed by atoms with Crippen LogP contribution in [0.15, 0.2) is 12.4 Å². The summed E-state index contributed by atoms with van der Waals surface area (Å²) in [5.74, 6) is 1.88. The third kappa shape index (κ3) is 2.48. The standard InChI is InChI=1S/C17H29N3O/c1-16(2)13-6-7-17(3,12-13)14(16)19-15-18-8-10-20(15)9-5-11-21-4/h8,10,13-14H,5-7,9,11-12H2,1-4H3,(H,18,19). The van der Waals surface area contributed by atoms with E-state index in [1.165, 1.54) is 19.3 Å². The average Bonchev–Trinajstić information content (AvgIpc) is 3.07. The molecular formula is C17H29N3O. The minimum absolute atomic E-state index is 0.357. The van der Waals surface area contributed by atoms with E-state index in [1.54, 1.807) is 7.11 Å². The Kier molecular flexibility index (Phi) is 3.76. The van der Waals surface area contributed by atoms with E-state index in [2.05, 4.69) is 41.8 Å². The van der Waals surface area contributed by atoms with E-state index in [0.717, 1.165) is 31.4 Å². The second kappa shape index (κ2) is 5.31. The largest absolute Gasteiger partial charge is 0.385 e. The molecule has 0 saturated heterocycles. The fourth-order valence-corrected chi connectivity index (χ4v) is 4.80. The number of aromatic nitrogens is 2. The first-order valence-electron chi connectivity index (χ1n) is 8.24. The maximum Gasteiger partial charge on any atom is 0.203 e. The van der Waals surface area contributed by atoms with Crippen LogP contribution in [0.25, 0.3) is 0 Å². The van der Waals surface area contributed by atoms with Gasteiger partial charge in [-0.3, -0.25) is 0 Å². The summed E-state index contributed by atoms with van der Waals surface area (Å²) in [6, 6.07) is 0.521. The number of rotatable bonds is 6. The van der Waals surface area contributed by atoms with Gasteiger partial charge in [0.25, 0.3) is 0 Å². The number of fused-ring (bicyclic) bond motifs is 2. The van der Waals surface area contributed by atoms with Crippen molar-refractivity contribution in [3.8, 4) is 0 Å². The molecule has 2 fully saturated rings. The van der Waals surface area contributed by atoms with E-state index in [0.29, 0.717) is 16.9 Å². The lowest BCUT2D eigenvalue weighted by atomic mass is 9.68. The third-order valence-corrected chi connectivity index (χ3v) is 6.01. The number of methoxy groups -OCH3 is 1. The molecule has 0 aliphatic heterocycles. The Morgan fingerprint density at radius 3 is 2.90 bits per heavy atom. The summed E-state index contributed by atoms with van der Waals surface area (Å²) in [5, 5.41) is 3.79. The monoisotopic (exact) mass is 291 g/mol. The molecule has 1 heterocycles. The summed E-state index contributed by atoms with van der Waals surface area (Å²) in [4.78, 5) is 4.55. The molecular weight excluding hydrogens is 262 g/mol. The van der Waals surface area contributed by atoms with Gasteiger partial charge in [-0.15, -0.1) is 0 Å². The van der Waals surface area contributed by atoms with E-state index in [9.17, 15) is 0 Å². The van der Waals surface area contributed by atoms with Crippen LogP contribution in [0.5, 0.6) is 0 Å². The molecule has 3 rings (SSSR count). The number of hydrogen-bond acceptors (Lipinski definition) is 3. The van der Waals surface area contributed by atoms with Crippen molar-refractivity contribution in [1.29, 1.82) is 0 Å². The first-order valence-corrected chi connectivity index (χ1v) is 8.24. The average molecular weight is 291 g/mol. The molecule has 1 aromatic heterocycles. The van der Waals surface area contributed by atoms with Crippen molar-refractivity contribution in [3.05, 3.63) is 12.4 Å². The maximum absolute atomic E-state index is 5.15. The zero-order valence-electron chi connectivity index (χ0n) is 13.9. The lowest BCUT2D eigenvalue weighted by molar-refractivity contribution is 0.154. The van der Waals surface area contributed by atoms with Crippen LogP contribution in [0.2, 0.25) is 0 Å². The Morgan fingerprint density at radius 2 is 2.24 bits per heavy atom. The highest BCUT2D eigenvalue weighted by Gasteiger charge is 2.59. The summed E-state index contributed by atoms with van der Waals surface area (Å²) in [5.41, 5.74) is 0.786. The first kappa shape index (κ1) is 14.9. The molecule has 1 aromatic rings. The van der Waals surface area contributed by atoms with Crippen molar-refractivity contribution >= 4 is 5.95 Å². The van der Waals surface area contributed by atoms with Crippen molar-refractivity contribution in [2.24, 2.45) is 16.7 Å². The second-order valence-corrected chi connectivity index (χ2v) is 7.78. The van der Waals surface area contributed by atoms with Crippen LogP contribution < -0.4 is 5.32 Å². The molecule has 2 bridgehead atoms. The van der Waals surface area contributed by atoms with E-state index in [1.807, 2.05) is 6.20 Å². The van der Waals surface area contributed by atoms with Crippen molar-refractivity contribution in [3.63, 3.8) is 0 Å². The van der Waals surface area contributed by atoms with Gasteiger partial charge in [-0.05, 0) is 42.4 Å². The number of nitrogens with zero attached hydrogens (tertiary/aromatic N) is 2. The Hall–Kier alpha value is -1.03. The molecule has 4 heteroatoms. The quantitative estimate of drug-likeness (QED) is 0.815. The molecule has 3 atom stereocenters. The van der Waals surface area contributed by atoms with Gasteiger partial charge >= 0.3 is 0 Å². The highest BCUT2D eigenvalue weighted by atomic mass is 16.5. The van der Waals surface area contributed by atoms with Gasteiger partial charge < -0.3 is 14.6 Å². The molecule has 0 radical (unpaired) electrons. The number of aryl methyl sites for hydroxylation is 1. The fraction of sp³-hybridized carbons (Fsp3) is 0.824. The molecule has 0 aromatic carbocycles. The van der Waals surface area contributed by atoms with Gasteiger partial charge in [0.2, 0.25) is 5.95 Å². The summed E-state index contributed by atoms with van der Waals surface area (Å²) < 4.78 is 7.38. The van der Waals surface area contributed by atoms with Gasteiger partial charge in [-0.1, -0.05) is 20.8 Å². The SMILES string of the molecule is COCCCn1ccnc1NC1C2(C)CCC(C2)C1(C)C. The van der Waals surface area contributed by atoms with Gasteiger partial charge in [0.1, 0.15) is 0 Å². The first-order chi connectivity index (χ1) is 9.97. The Balaban J connectivity index is 1.73. The second-order valence-electron chi connectivity index (χ2n) is 7.78. The summed E-state index contributed by atoms with van der Waals surface area (Å²) in [6.45, 7) is 9.07. The van der Waals surface area contributed by atoms with E-state index < -0.39 is 0 Å². The molecule has 118 valence electrons. The van der Waals surface area contributed by atoms with Crippen LogP contribution in [0, 0.1) is 16.7 Å². The summed E-state index contributed by atoms with van der Waals surface area (Å²) in [7, 11) is 1.76. The van der Waals surface area contributed by atoms with Crippen LogP contribution in [0.3, 0.4) is 0 Å². The highest BCUT2D eigenvalue weighted by Crippen LogP contribution is 2.63. The molecule has 2 saturated carbocycles. The van der Waals surface area contributed by atoms with Crippen LogP contribution in [-0.2, 0) is 11.3 Å². The molecule has 2 aliphatic carbocycles. The summed E-state index contributed by atoms with van der Waals surface area (Å²) >= 11 is 0. The number of nitrogens with one attached hydrogen (secondary N) is 1. The molecule has 2 aliphatic rings. The number of hydrogen-bond donors (Lipinski definition) is 1. The van der Waals surface area contributed by atoms with Crippen molar-refractivity contribution in [2.45, 2.75) is 59.0 Å². The topological polar surface area (TPSA) is 39.1 Å². The summed E-state index contributed by atoms with van der Waals surface area (Å²) in [6.07, 6.45) is 9.10. The van der Waals surface area contributed by atoms with Crippen molar-refractivity contribution < 1.29 is 4.74 Å². The van der Waals surface area contributed by atoms with Gasteiger partial charge in [0.15, 0.2) is 0 Å². The van der Waals surface area contributed by atoms with Gasteiger partial charge in [-0.25, -0.2) is 4.98 Å². The Labute approximate surface area is 128 Å². The molecule has 0 amide bonds. The lowest BCUT2D eigenvalue weighted by Gasteiger charge is -2.43. The molecule has 3 unspecified atom stereocenters. The minimum atomic E-state index is 0.357. The lowest BCUT2D eigenvalue weighted by Crippen LogP contribution is -2.46. The zero-order chi connectivity index (χ0) is 15.1. The van der Waals surface area contributed by atoms with Crippen LogP contribution >= 0.6 is 0 Å². The molecule has 1 N–H and O–H groups in total. The smallest absolute Gasteiger partial charge is 0.203 e. The molecule has 0 spiro atoms. The molecule has 4 nitrogen and oxygen atoms in total. The Morgan fingerprint density at radius 1 is 1.43 bits per heavy atom. The van der Waals surface area contributed by atoms with Gasteiger partial charge in [0.05, 0.1) is 0 Å². The minimum Gasteiger partial charge on any atom is -0.385 e. The third-order valence-electron chi connectivity index (χ3n) is 6.01. The van der Waals surface area contributed by atoms with E-state index >= 15 is 0 Å².